The van der Waals surface area contributed by atoms with E-state index in [2.05, 4.69) is 69.1 Å². The highest BCUT2D eigenvalue weighted by Gasteiger charge is 2.10. The number of rotatable bonds is 1. The highest BCUT2D eigenvalue weighted by atomic mass is 79.9. The van der Waals surface area contributed by atoms with Gasteiger partial charge in [0.25, 0.3) is 5.09 Å². The molecule has 0 aliphatic carbocycles. The second-order valence-corrected chi connectivity index (χ2v) is 5.46. The van der Waals surface area contributed by atoms with Crippen LogP contribution in [0.4, 0.5) is 5.69 Å². The highest BCUT2D eigenvalue weighted by Crippen LogP contribution is 2.40. The van der Waals surface area contributed by atoms with Crippen LogP contribution in [0.3, 0.4) is 0 Å². The molecule has 0 saturated carbocycles. The van der Waals surface area contributed by atoms with Crippen LogP contribution in [0.2, 0.25) is 0 Å². The van der Waals surface area contributed by atoms with Gasteiger partial charge in [0.2, 0.25) is 0 Å². The second kappa shape index (κ2) is 7.43. The van der Waals surface area contributed by atoms with Crippen LogP contribution in [0.25, 0.3) is 0 Å². The predicted octanol–water partition coefficient (Wildman–Crippen LogP) is 3.67. The summed E-state index contributed by atoms with van der Waals surface area (Å²) < 4.78 is 3.70. The molecule has 90 valence electrons. The lowest BCUT2D eigenvalue weighted by Gasteiger charge is -2.08. The van der Waals surface area contributed by atoms with Crippen molar-refractivity contribution in [2.24, 2.45) is 5.84 Å². The van der Waals surface area contributed by atoms with Gasteiger partial charge in [0.1, 0.15) is 0 Å². The molecule has 0 saturated heterocycles. The lowest BCUT2D eigenvalue weighted by molar-refractivity contribution is -0.742. The van der Waals surface area contributed by atoms with Crippen molar-refractivity contribution in [3.63, 3.8) is 0 Å². The van der Waals surface area contributed by atoms with Gasteiger partial charge in [-0.2, -0.15) is 0 Å². The van der Waals surface area contributed by atoms with Gasteiger partial charge < -0.3 is 10.6 Å². The molecule has 1 aromatic rings. The van der Waals surface area contributed by atoms with E-state index in [1.807, 2.05) is 6.07 Å². The lowest BCUT2D eigenvalue weighted by Crippen LogP contribution is -2.07. The Morgan fingerprint density at radius 3 is 2.06 bits per heavy atom. The van der Waals surface area contributed by atoms with E-state index in [9.17, 15) is 0 Å². The van der Waals surface area contributed by atoms with Gasteiger partial charge in [-0.05, 0) is 69.8 Å². The number of hydrazine groups is 1. The summed E-state index contributed by atoms with van der Waals surface area (Å²) in [5.74, 6) is 5.30. The number of nitrogens with one attached hydrogen (secondary N) is 1. The summed E-state index contributed by atoms with van der Waals surface area (Å²) in [7, 11) is 0. The van der Waals surface area contributed by atoms with Crippen molar-refractivity contribution in [2.75, 3.05) is 5.43 Å². The molecule has 0 heterocycles. The first-order valence-electron chi connectivity index (χ1n) is 3.44. The molecule has 1 aromatic carbocycles. The maximum absolute atomic E-state index is 8.36. The first kappa shape index (κ1) is 16.1. The third-order valence-corrected chi connectivity index (χ3v) is 5.92. The molecule has 6 nitrogen and oxygen atoms in total. The standard InChI is InChI=1S/C6H4Br4N2.HNO3/c7-2-1-3(12-11)5(9)6(10)4(2)8;2-1(3)4/h1,12H,11H2;(H,2,3,4). The van der Waals surface area contributed by atoms with Gasteiger partial charge in [0, 0.05) is 13.4 Å². The molecule has 0 aromatic heterocycles. The smallest absolute Gasteiger partial charge is 0.291 e. The highest BCUT2D eigenvalue weighted by molar-refractivity contribution is 9.15. The zero-order valence-corrected chi connectivity index (χ0v) is 13.7. The van der Waals surface area contributed by atoms with Crippen LogP contribution in [0.15, 0.2) is 24.0 Å². The molecule has 0 aliphatic heterocycles. The third-order valence-electron chi connectivity index (χ3n) is 1.26. The van der Waals surface area contributed by atoms with Crippen molar-refractivity contribution in [3.8, 4) is 0 Å². The van der Waals surface area contributed by atoms with E-state index in [1.54, 1.807) is 0 Å². The molecule has 16 heavy (non-hydrogen) atoms. The summed E-state index contributed by atoms with van der Waals surface area (Å²) in [6, 6.07) is 1.87. The number of benzene rings is 1. The van der Waals surface area contributed by atoms with Crippen molar-refractivity contribution < 1.29 is 10.3 Å². The average molecular weight is 487 g/mol. The minimum Gasteiger partial charge on any atom is -0.328 e. The monoisotopic (exact) mass is 483 g/mol. The number of nitrogens with two attached hydrogens (primary N) is 1. The zero-order valence-electron chi connectivity index (χ0n) is 7.38. The lowest BCUT2D eigenvalue weighted by atomic mass is 10.3. The maximum atomic E-state index is 8.36. The van der Waals surface area contributed by atoms with Crippen molar-refractivity contribution in [1.29, 1.82) is 0 Å². The molecular formula is C6H5Br4N3O3. The number of hydrogen-bond donors (Lipinski definition) is 3. The fraction of sp³-hybridized carbons (Fsp3) is 0. The fourth-order valence-corrected chi connectivity index (χ4v) is 2.80. The Labute approximate surface area is 124 Å². The van der Waals surface area contributed by atoms with Crippen LogP contribution in [0.1, 0.15) is 0 Å². The Kier molecular flexibility index (Phi) is 7.48. The molecule has 0 amide bonds. The summed E-state index contributed by atoms with van der Waals surface area (Å²) in [4.78, 5) is 8.36. The zero-order chi connectivity index (χ0) is 12.9. The van der Waals surface area contributed by atoms with Gasteiger partial charge in [-0.15, -0.1) is 10.1 Å². The normalized spacial score (nSPS) is 9.06. The SMILES string of the molecule is NNc1cc(Br)c(Br)c(Br)c1Br.O=[N+]([O-])O. The first-order chi connectivity index (χ1) is 7.31. The number of nitrogens with zero attached hydrogens (tertiary/aromatic N) is 1. The van der Waals surface area contributed by atoms with Crippen molar-refractivity contribution >= 4 is 69.4 Å². The van der Waals surface area contributed by atoms with E-state index in [4.69, 9.17) is 21.2 Å². The van der Waals surface area contributed by atoms with Gasteiger partial charge in [0.05, 0.1) is 10.2 Å². The average Bonchev–Trinajstić information content (AvgIpc) is 2.19. The van der Waals surface area contributed by atoms with Crippen LogP contribution < -0.4 is 11.3 Å². The molecule has 0 aliphatic rings. The Morgan fingerprint density at radius 1 is 1.25 bits per heavy atom. The number of anilines is 1. The summed E-state index contributed by atoms with van der Waals surface area (Å²) in [6.07, 6.45) is 0. The number of hydrogen-bond acceptors (Lipinski definition) is 4. The molecule has 0 atom stereocenters. The Morgan fingerprint density at radius 2 is 1.69 bits per heavy atom. The number of halogens is 4. The van der Waals surface area contributed by atoms with E-state index < -0.39 is 5.09 Å². The number of nitrogen functional groups attached to an aromatic ring is 1. The van der Waals surface area contributed by atoms with Gasteiger partial charge >= 0.3 is 0 Å². The van der Waals surface area contributed by atoms with E-state index in [1.165, 1.54) is 0 Å². The van der Waals surface area contributed by atoms with Gasteiger partial charge in [0.15, 0.2) is 0 Å². The second-order valence-electron chi connectivity index (χ2n) is 2.23. The van der Waals surface area contributed by atoms with Crippen molar-refractivity contribution in [1.82, 2.24) is 0 Å². The van der Waals surface area contributed by atoms with Crippen LogP contribution in [0.5, 0.6) is 0 Å². The van der Waals surface area contributed by atoms with E-state index in [0.717, 1.165) is 23.6 Å². The molecule has 0 spiro atoms. The van der Waals surface area contributed by atoms with E-state index in [-0.39, 0.29) is 0 Å². The Bertz CT molecular complexity index is 397. The molecule has 10 heteroatoms. The molecule has 1 rings (SSSR count). The molecule has 0 radical (unpaired) electrons. The summed E-state index contributed by atoms with van der Waals surface area (Å²) in [5.41, 5.74) is 3.39. The summed E-state index contributed by atoms with van der Waals surface area (Å²) in [6.45, 7) is 0. The minimum atomic E-state index is -1.50. The molecule has 4 N–H and O–H groups in total. The van der Waals surface area contributed by atoms with E-state index in [0.29, 0.717) is 0 Å². The van der Waals surface area contributed by atoms with Crippen LogP contribution in [-0.2, 0) is 0 Å². The topological polar surface area (TPSA) is 101 Å². The Hall–Kier alpha value is 0.1000. The van der Waals surface area contributed by atoms with Crippen molar-refractivity contribution in [2.45, 2.75) is 0 Å². The molecule has 0 bridgehead atoms. The molecular weight excluding hydrogens is 482 g/mol. The first-order valence-corrected chi connectivity index (χ1v) is 6.61. The fourth-order valence-electron chi connectivity index (χ4n) is 0.678. The van der Waals surface area contributed by atoms with Gasteiger partial charge in [-0.25, -0.2) is 0 Å². The predicted molar refractivity (Wildman–Crippen MR) is 73.8 cm³/mol. The third kappa shape index (κ3) is 4.95. The summed E-state index contributed by atoms with van der Waals surface area (Å²) in [5, 5.41) is 13.6. The minimum absolute atomic E-state index is 0.817. The summed E-state index contributed by atoms with van der Waals surface area (Å²) >= 11 is 13.6. The van der Waals surface area contributed by atoms with Gasteiger partial charge in [-0.1, -0.05) is 0 Å². The van der Waals surface area contributed by atoms with Crippen LogP contribution in [-0.4, -0.2) is 10.3 Å². The van der Waals surface area contributed by atoms with Crippen LogP contribution in [0, 0.1) is 10.1 Å². The largest absolute Gasteiger partial charge is 0.328 e. The molecule has 0 fully saturated rings. The van der Waals surface area contributed by atoms with Crippen molar-refractivity contribution in [3.05, 3.63) is 34.1 Å². The quantitative estimate of drug-likeness (QED) is 0.185. The van der Waals surface area contributed by atoms with Crippen LogP contribution >= 0.6 is 63.7 Å². The maximum Gasteiger partial charge on any atom is 0.291 e. The van der Waals surface area contributed by atoms with Gasteiger partial charge in [-0.3, -0.25) is 5.84 Å². The molecule has 0 unspecified atom stereocenters. The Balaban J connectivity index is 0.000000487. The van der Waals surface area contributed by atoms with E-state index >= 15 is 0 Å².